The van der Waals surface area contributed by atoms with Crippen molar-refractivity contribution in [3.8, 4) is 0 Å². The molecule has 6 nitrogen and oxygen atoms in total. The fourth-order valence-electron chi connectivity index (χ4n) is 5.00. The van der Waals surface area contributed by atoms with Crippen molar-refractivity contribution >= 4 is 57.4 Å². The maximum Gasteiger partial charge on any atom is 0.266 e. The molecule has 0 bridgehead atoms. The number of aromatic nitrogens is 1. The highest BCUT2D eigenvalue weighted by atomic mass is 35.5. The fraction of sp³-hybridized carbons (Fsp3) is 0.200. The Kier molecular flexibility index (Phi) is 4.92. The second-order valence-electron chi connectivity index (χ2n) is 8.24. The monoisotopic (exact) mass is 447 g/mol. The topological polar surface area (TPSA) is 81.5 Å². The molecule has 1 atom stereocenters. The van der Waals surface area contributed by atoms with Gasteiger partial charge >= 0.3 is 0 Å². The van der Waals surface area contributed by atoms with Crippen LogP contribution in [0.25, 0.3) is 27.4 Å². The molecule has 2 aromatic heterocycles. The number of para-hydroxylation sites is 2. The molecular weight excluding hydrogens is 426 g/mol. The van der Waals surface area contributed by atoms with Gasteiger partial charge in [0.15, 0.2) is 0 Å². The number of rotatable bonds is 3. The maximum absolute atomic E-state index is 13.6. The minimum Gasteiger partial charge on any atom is -0.464 e. The molecule has 2 amide bonds. The summed E-state index contributed by atoms with van der Waals surface area (Å²) < 4.78 is 7.86. The van der Waals surface area contributed by atoms with Crippen LogP contribution in [0, 0.1) is 5.92 Å². The minimum atomic E-state index is -0.320. The summed E-state index contributed by atoms with van der Waals surface area (Å²) in [5.41, 5.74) is 10.4. The van der Waals surface area contributed by atoms with Crippen LogP contribution in [0.1, 0.15) is 17.7 Å². The Morgan fingerprint density at radius 2 is 1.78 bits per heavy atom. The first-order valence-corrected chi connectivity index (χ1v) is 10.5. The SMILES string of the molecule is Cl.NCC1CCn2c(c(N3C(=O)C=C(c4coc5ccccc45)C3=O)c3ccccc32)C1. The van der Waals surface area contributed by atoms with Crippen LogP contribution in [-0.4, -0.2) is 22.9 Å². The Balaban J connectivity index is 0.00000216. The summed E-state index contributed by atoms with van der Waals surface area (Å²) in [5.74, 6) is -0.293. The molecule has 32 heavy (non-hydrogen) atoms. The van der Waals surface area contributed by atoms with Crippen molar-refractivity contribution in [3.63, 3.8) is 0 Å². The molecule has 1 unspecified atom stereocenters. The molecular formula is C25H22ClN3O3. The summed E-state index contributed by atoms with van der Waals surface area (Å²) >= 11 is 0. The predicted molar refractivity (Wildman–Crippen MR) is 127 cm³/mol. The number of furan rings is 1. The van der Waals surface area contributed by atoms with Gasteiger partial charge in [0.25, 0.3) is 11.8 Å². The molecule has 162 valence electrons. The normalized spacial score (nSPS) is 18.2. The van der Waals surface area contributed by atoms with E-state index in [0.717, 1.165) is 41.4 Å². The molecule has 4 heterocycles. The summed E-state index contributed by atoms with van der Waals surface area (Å²) in [6.45, 7) is 1.42. The van der Waals surface area contributed by atoms with Gasteiger partial charge < -0.3 is 14.7 Å². The molecule has 6 rings (SSSR count). The van der Waals surface area contributed by atoms with Gasteiger partial charge in [0.2, 0.25) is 0 Å². The molecule has 0 radical (unpaired) electrons. The van der Waals surface area contributed by atoms with Gasteiger partial charge in [-0.2, -0.15) is 0 Å². The molecule has 4 aromatic rings. The highest BCUT2D eigenvalue weighted by molar-refractivity contribution is 6.45. The van der Waals surface area contributed by atoms with E-state index in [1.165, 1.54) is 11.0 Å². The summed E-state index contributed by atoms with van der Waals surface area (Å²) in [5, 5.41) is 1.74. The lowest BCUT2D eigenvalue weighted by atomic mass is 9.95. The zero-order chi connectivity index (χ0) is 21.1. The van der Waals surface area contributed by atoms with Crippen molar-refractivity contribution in [3.05, 3.63) is 72.1 Å². The standard InChI is InChI=1S/C25H21N3O3.ClH/c26-13-15-9-10-27-20-7-3-1-6-17(20)24(21(27)11-15)28-23(29)12-18(25(28)30)19-14-31-22-8-4-2-5-16(19)22;/h1-8,12,14-15H,9-11,13,26H2;1H. The van der Waals surface area contributed by atoms with E-state index in [9.17, 15) is 9.59 Å². The highest BCUT2D eigenvalue weighted by Crippen LogP contribution is 2.42. The van der Waals surface area contributed by atoms with Gasteiger partial charge in [-0.3, -0.25) is 9.59 Å². The van der Waals surface area contributed by atoms with Crippen LogP contribution in [-0.2, 0) is 22.6 Å². The second-order valence-corrected chi connectivity index (χ2v) is 8.24. The first-order valence-electron chi connectivity index (χ1n) is 10.5. The van der Waals surface area contributed by atoms with Gasteiger partial charge in [-0.05, 0) is 37.4 Å². The van der Waals surface area contributed by atoms with E-state index in [1.54, 1.807) is 6.26 Å². The highest BCUT2D eigenvalue weighted by Gasteiger charge is 2.39. The van der Waals surface area contributed by atoms with Crippen molar-refractivity contribution < 1.29 is 14.0 Å². The molecule has 2 aromatic carbocycles. The third-order valence-electron chi connectivity index (χ3n) is 6.54. The number of carbonyl (C=O) groups excluding carboxylic acids is 2. The molecule has 0 saturated heterocycles. The van der Waals surface area contributed by atoms with Crippen molar-refractivity contribution in [2.45, 2.75) is 19.4 Å². The van der Waals surface area contributed by atoms with Gasteiger partial charge in [0.05, 0.1) is 23.0 Å². The first-order chi connectivity index (χ1) is 15.2. The zero-order valence-corrected chi connectivity index (χ0v) is 18.1. The summed E-state index contributed by atoms with van der Waals surface area (Å²) in [7, 11) is 0. The van der Waals surface area contributed by atoms with Gasteiger partial charge in [-0.1, -0.05) is 36.4 Å². The Hall–Kier alpha value is -3.35. The number of hydrogen-bond donors (Lipinski definition) is 1. The predicted octanol–water partition coefficient (Wildman–Crippen LogP) is 4.29. The molecule has 0 spiro atoms. The number of anilines is 1. The number of nitrogens with two attached hydrogens (primary N) is 1. The van der Waals surface area contributed by atoms with Crippen LogP contribution < -0.4 is 10.6 Å². The number of amides is 2. The lowest BCUT2D eigenvalue weighted by molar-refractivity contribution is -0.119. The summed E-state index contributed by atoms with van der Waals surface area (Å²) in [6, 6.07) is 15.5. The molecule has 0 saturated carbocycles. The molecule has 2 aliphatic rings. The first kappa shape index (κ1) is 20.5. The van der Waals surface area contributed by atoms with Crippen LogP contribution in [0.15, 0.2) is 65.3 Å². The Morgan fingerprint density at radius 3 is 2.59 bits per heavy atom. The number of aryl methyl sites for hydroxylation is 1. The van der Waals surface area contributed by atoms with Crippen LogP contribution in [0.2, 0.25) is 0 Å². The molecule has 2 N–H and O–H groups in total. The smallest absolute Gasteiger partial charge is 0.266 e. The van der Waals surface area contributed by atoms with Crippen LogP contribution >= 0.6 is 12.4 Å². The fourth-order valence-corrected chi connectivity index (χ4v) is 5.00. The molecule has 2 aliphatic heterocycles. The lowest BCUT2D eigenvalue weighted by Gasteiger charge is -2.26. The van der Waals surface area contributed by atoms with Crippen LogP contribution in [0.5, 0.6) is 0 Å². The average Bonchev–Trinajstić information content (AvgIpc) is 3.45. The molecule has 0 fully saturated rings. The maximum atomic E-state index is 13.6. The van der Waals surface area contributed by atoms with E-state index >= 15 is 0 Å². The van der Waals surface area contributed by atoms with E-state index < -0.39 is 0 Å². The van der Waals surface area contributed by atoms with E-state index in [0.29, 0.717) is 34.9 Å². The van der Waals surface area contributed by atoms with Crippen molar-refractivity contribution in [1.29, 1.82) is 0 Å². The van der Waals surface area contributed by atoms with Gasteiger partial charge in [-0.25, -0.2) is 4.90 Å². The van der Waals surface area contributed by atoms with E-state index in [-0.39, 0.29) is 24.2 Å². The largest absolute Gasteiger partial charge is 0.464 e. The molecule has 7 heteroatoms. The van der Waals surface area contributed by atoms with Crippen molar-refractivity contribution in [1.82, 2.24) is 4.57 Å². The number of halogens is 1. The third-order valence-corrected chi connectivity index (χ3v) is 6.54. The average molecular weight is 448 g/mol. The quantitative estimate of drug-likeness (QED) is 0.475. The van der Waals surface area contributed by atoms with E-state index in [4.69, 9.17) is 10.2 Å². The van der Waals surface area contributed by atoms with E-state index in [2.05, 4.69) is 4.57 Å². The minimum absolute atomic E-state index is 0. The Labute approximate surface area is 190 Å². The number of benzene rings is 2. The molecule has 0 aliphatic carbocycles. The number of carbonyl (C=O) groups is 2. The number of imide groups is 1. The number of nitrogens with zero attached hydrogens (tertiary/aromatic N) is 2. The van der Waals surface area contributed by atoms with Crippen molar-refractivity contribution in [2.75, 3.05) is 11.4 Å². The summed E-state index contributed by atoms with van der Waals surface area (Å²) in [6.07, 6.45) is 4.74. The Bertz CT molecular complexity index is 1410. The number of fused-ring (bicyclic) bond motifs is 4. The van der Waals surface area contributed by atoms with Gasteiger partial charge in [0.1, 0.15) is 5.58 Å². The number of hydrogen-bond acceptors (Lipinski definition) is 4. The van der Waals surface area contributed by atoms with Crippen molar-refractivity contribution in [2.24, 2.45) is 11.7 Å². The van der Waals surface area contributed by atoms with Crippen LogP contribution in [0.3, 0.4) is 0 Å². The van der Waals surface area contributed by atoms with Gasteiger partial charge in [0, 0.05) is 34.7 Å². The summed E-state index contributed by atoms with van der Waals surface area (Å²) in [4.78, 5) is 28.1. The second kappa shape index (κ2) is 7.65. The lowest BCUT2D eigenvalue weighted by Crippen LogP contribution is -2.33. The zero-order valence-electron chi connectivity index (χ0n) is 17.3. The Morgan fingerprint density at radius 1 is 1.03 bits per heavy atom. The van der Waals surface area contributed by atoms with Crippen LogP contribution in [0.4, 0.5) is 5.69 Å². The van der Waals surface area contributed by atoms with Gasteiger partial charge in [-0.15, -0.1) is 12.4 Å². The van der Waals surface area contributed by atoms with E-state index in [1.807, 2.05) is 48.5 Å². The third kappa shape index (κ3) is 2.83.